The second-order valence-corrected chi connectivity index (χ2v) is 5.08. The van der Waals surface area contributed by atoms with Gasteiger partial charge in [0.05, 0.1) is 0 Å². The number of hydrogen-bond donors (Lipinski definition) is 2. The first-order valence-corrected chi connectivity index (χ1v) is 6.52. The van der Waals surface area contributed by atoms with Crippen LogP contribution >= 0.6 is 11.6 Å². The zero-order valence-electron chi connectivity index (χ0n) is 10.2. The summed E-state index contributed by atoms with van der Waals surface area (Å²) in [6, 6.07) is 5.66. The highest BCUT2D eigenvalue weighted by molar-refractivity contribution is 6.31. The molecule has 1 aromatic rings. The molecule has 1 aliphatic heterocycles. The molecule has 2 rings (SSSR count). The van der Waals surface area contributed by atoms with E-state index >= 15 is 0 Å². The topological polar surface area (TPSA) is 72.3 Å². The Morgan fingerprint density at radius 3 is 2.89 bits per heavy atom. The number of halogens is 1. The maximum absolute atomic E-state index is 11.0. The smallest absolute Gasteiger partial charge is 0.248 e. The molecule has 1 saturated heterocycles. The lowest BCUT2D eigenvalue weighted by Crippen LogP contribution is -2.34. The number of likely N-dealkylation sites (tertiary alicyclic amines) is 1. The van der Waals surface area contributed by atoms with Gasteiger partial charge in [0.1, 0.15) is 0 Å². The fourth-order valence-corrected chi connectivity index (χ4v) is 2.66. The van der Waals surface area contributed by atoms with Gasteiger partial charge in [0, 0.05) is 29.7 Å². The van der Waals surface area contributed by atoms with E-state index in [2.05, 4.69) is 4.90 Å². The van der Waals surface area contributed by atoms with Crippen LogP contribution in [0.25, 0.3) is 0 Å². The minimum absolute atomic E-state index is 0.442. The largest absolute Gasteiger partial charge is 0.366 e. The third-order valence-electron chi connectivity index (χ3n) is 3.48. The summed E-state index contributed by atoms with van der Waals surface area (Å²) >= 11 is 6.18. The quantitative estimate of drug-likeness (QED) is 0.865. The van der Waals surface area contributed by atoms with Gasteiger partial charge in [0.15, 0.2) is 0 Å². The molecule has 1 amide bonds. The second-order valence-electron chi connectivity index (χ2n) is 4.67. The first-order chi connectivity index (χ1) is 8.61. The van der Waals surface area contributed by atoms with Gasteiger partial charge in [0.25, 0.3) is 0 Å². The van der Waals surface area contributed by atoms with Gasteiger partial charge in [-0.3, -0.25) is 9.69 Å². The van der Waals surface area contributed by atoms with Crippen molar-refractivity contribution in [3.8, 4) is 0 Å². The number of nitrogens with two attached hydrogens (primary N) is 2. The lowest BCUT2D eigenvalue weighted by Gasteiger charge is -2.23. The maximum Gasteiger partial charge on any atom is 0.248 e. The average Bonchev–Trinajstić information content (AvgIpc) is 2.78. The summed E-state index contributed by atoms with van der Waals surface area (Å²) in [4.78, 5) is 13.4. The summed E-state index contributed by atoms with van der Waals surface area (Å²) in [5.41, 5.74) is 12.4. The number of nitrogens with zero attached hydrogens (tertiary/aromatic N) is 1. The van der Waals surface area contributed by atoms with E-state index in [9.17, 15) is 4.79 Å². The van der Waals surface area contributed by atoms with E-state index in [1.165, 1.54) is 6.42 Å². The Morgan fingerprint density at radius 1 is 1.50 bits per heavy atom. The number of primary amides is 1. The van der Waals surface area contributed by atoms with Crippen LogP contribution in [0, 0.1) is 0 Å². The van der Waals surface area contributed by atoms with Gasteiger partial charge in [-0.25, -0.2) is 0 Å². The zero-order chi connectivity index (χ0) is 13.1. The Kier molecular flexibility index (Phi) is 4.22. The van der Waals surface area contributed by atoms with Gasteiger partial charge in [-0.15, -0.1) is 0 Å². The van der Waals surface area contributed by atoms with Gasteiger partial charge in [-0.05, 0) is 37.1 Å². The fourth-order valence-electron chi connectivity index (χ4n) is 2.42. The molecule has 0 aliphatic carbocycles. The molecule has 0 spiro atoms. The van der Waals surface area contributed by atoms with E-state index in [0.29, 0.717) is 23.2 Å². The van der Waals surface area contributed by atoms with Gasteiger partial charge in [-0.1, -0.05) is 17.7 Å². The van der Waals surface area contributed by atoms with Gasteiger partial charge in [0.2, 0.25) is 5.91 Å². The SMILES string of the molecule is NCC1CCCN1Cc1ccc(C(N)=O)cc1Cl. The van der Waals surface area contributed by atoms with Crippen LogP contribution in [0.1, 0.15) is 28.8 Å². The summed E-state index contributed by atoms with van der Waals surface area (Å²) in [7, 11) is 0. The fraction of sp³-hybridized carbons (Fsp3) is 0.462. The molecule has 18 heavy (non-hydrogen) atoms. The average molecular weight is 268 g/mol. The molecule has 1 fully saturated rings. The molecule has 1 heterocycles. The van der Waals surface area contributed by atoms with Crippen LogP contribution in [0.2, 0.25) is 5.02 Å². The first-order valence-electron chi connectivity index (χ1n) is 6.14. The molecular formula is C13H18ClN3O. The van der Waals surface area contributed by atoms with Crippen molar-refractivity contribution in [2.45, 2.75) is 25.4 Å². The minimum Gasteiger partial charge on any atom is -0.366 e. The predicted octanol–water partition coefficient (Wildman–Crippen LogP) is 1.36. The molecule has 4 nitrogen and oxygen atoms in total. The van der Waals surface area contributed by atoms with Crippen LogP contribution in [-0.2, 0) is 6.54 Å². The Morgan fingerprint density at radius 2 is 2.28 bits per heavy atom. The van der Waals surface area contributed by atoms with Crippen molar-refractivity contribution in [3.05, 3.63) is 34.3 Å². The van der Waals surface area contributed by atoms with Gasteiger partial charge >= 0.3 is 0 Å². The Bertz CT molecular complexity index is 450. The van der Waals surface area contributed by atoms with E-state index < -0.39 is 5.91 Å². The molecule has 0 radical (unpaired) electrons. The third kappa shape index (κ3) is 2.83. The van der Waals surface area contributed by atoms with E-state index in [1.807, 2.05) is 6.07 Å². The van der Waals surface area contributed by atoms with Crippen LogP contribution in [0.5, 0.6) is 0 Å². The molecule has 98 valence electrons. The minimum atomic E-state index is -0.454. The normalized spacial score (nSPS) is 20.2. The maximum atomic E-state index is 11.0. The highest BCUT2D eigenvalue weighted by atomic mass is 35.5. The summed E-state index contributed by atoms with van der Waals surface area (Å²) in [5, 5.41) is 0.592. The number of hydrogen-bond acceptors (Lipinski definition) is 3. The van der Waals surface area contributed by atoms with Crippen LogP contribution < -0.4 is 11.5 Å². The predicted molar refractivity (Wildman–Crippen MR) is 72.5 cm³/mol. The number of carbonyl (C=O) groups is 1. The van der Waals surface area contributed by atoms with E-state index in [4.69, 9.17) is 23.1 Å². The van der Waals surface area contributed by atoms with Crippen molar-refractivity contribution in [1.82, 2.24) is 4.90 Å². The highest BCUT2D eigenvalue weighted by Crippen LogP contribution is 2.24. The Balaban J connectivity index is 2.12. The zero-order valence-corrected chi connectivity index (χ0v) is 11.0. The molecule has 1 aromatic carbocycles. The van der Waals surface area contributed by atoms with Crippen molar-refractivity contribution in [3.63, 3.8) is 0 Å². The number of amides is 1. The summed E-state index contributed by atoms with van der Waals surface area (Å²) < 4.78 is 0. The second kappa shape index (κ2) is 5.69. The Labute approximate surface area is 112 Å². The highest BCUT2D eigenvalue weighted by Gasteiger charge is 2.23. The van der Waals surface area contributed by atoms with Gasteiger partial charge < -0.3 is 11.5 Å². The molecule has 0 aromatic heterocycles. The van der Waals surface area contributed by atoms with Crippen molar-refractivity contribution in [2.75, 3.05) is 13.1 Å². The lowest BCUT2D eigenvalue weighted by atomic mass is 10.1. The third-order valence-corrected chi connectivity index (χ3v) is 3.83. The van der Waals surface area contributed by atoms with Crippen molar-refractivity contribution < 1.29 is 4.79 Å². The van der Waals surface area contributed by atoms with E-state index in [0.717, 1.165) is 25.1 Å². The molecule has 1 atom stereocenters. The Hall–Kier alpha value is -1.10. The van der Waals surface area contributed by atoms with Crippen LogP contribution in [0.3, 0.4) is 0 Å². The molecule has 1 unspecified atom stereocenters. The van der Waals surface area contributed by atoms with Crippen LogP contribution in [0.4, 0.5) is 0 Å². The molecule has 0 bridgehead atoms. The lowest BCUT2D eigenvalue weighted by molar-refractivity contribution is 0.100. The van der Waals surface area contributed by atoms with E-state index in [-0.39, 0.29) is 0 Å². The number of carbonyl (C=O) groups excluding carboxylic acids is 1. The first kappa shape index (κ1) is 13.3. The number of benzene rings is 1. The molecule has 0 saturated carbocycles. The monoisotopic (exact) mass is 267 g/mol. The summed E-state index contributed by atoms with van der Waals surface area (Å²) in [6.45, 7) is 2.51. The molecular weight excluding hydrogens is 250 g/mol. The summed E-state index contributed by atoms with van der Waals surface area (Å²) in [5.74, 6) is -0.454. The van der Waals surface area contributed by atoms with E-state index in [1.54, 1.807) is 12.1 Å². The van der Waals surface area contributed by atoms with Gasteiger partial charge in [-0.2, -0.15) is 0 Å². The van der Waals surface area contributed by atoms with Crippen LogP contribution in [0.15, 0.2) is 18.2 Å². The standard InChI is InChI=1S/C13H18ClN3O/c14-12-6-9(13(16)18)3-4-10(12)8-17-5-1-2-11(17)7-15/h3-4,6,11H,1-2,5,7-8,15H2,(H2,16,18). The molecule has 4 N–H and O–H groups in total. The van der Waals surface area contributed by atoms with Crippen LogP contribution in [-0.4, -0.2) is 29.9 Å². The number of rotatable bonds is 4. The van der Waals surface area contributed by atoms with Crippen molar-refractivity contribution in [2.24, 2.45) is 11.5 Å². The molecule has 1 aliphatic rings. The summed E-state index contributed by atoms with van der Waals surface area (Å²) in [6.07, 6.45) is 2.33. The van der Waals surface area contributed by atoms with Crippen molar-refractivity contribution in [1.29, 1.82) is 0 Å². The molecule has 5 heteroatoms. The van der Waals surface area contributed by atoms with Crippen molar-refractivity contribution >= 4 is 17.5 Å².